The van der Waals surface area contributed by atoms with Crippen LogP contribution < -0.4 is 0 Å². The van der Waals surface area contributed by atoms with Crippen molar-refractivity contribution in [1.29, 1.82) is 0 Å². The van der Waals surface area contributed by atoms with Gasteiger partial charge in [-0.15, -0.1) is 0 Å². The summed E-state index contributed by atoms with van der Waals surface area (Å²) in [5.74, 6) is 0.398. The van der Waals surface area contributed by atoms with Crippen molar-refractivity contribution in [3.63, 3.8) is 0 Å². The molecule has 0 unspecified atom stereocenters. The van der Waals surface area contributed by atoms with Crippen molar-refractivity contribution < 1.29 is 4.92 Å². The molecular weight excluding hydrogens is 226 g/mol. The van der Waals surface area contributed by atoms with Crippen LogP contribution in [0.3, 0.4) is 0 Å². The molecule has 2 aromatic carbocycles. The van der Waals surface area contributed by atoms with Crippen molar-refractivity contribution in [2.75, 3.05) is 0 Å². The van der Waals surface area contributed by atoms with Gasteiger partial charge in [-0.05, 0) is 29.9 Å². The highest BCUT2D eigenvalue weighted by Gasteiger charge is 2.30. The van der Waals surface area contributed by atoms with E-state index in [4.69, 9.17) is 0 Å². The Hall–Kier alpha value is -2.16. The first-order chi connectivity index (χ1) is 8.75. The van der Waals surface area contributed by atoms with E-state index in [9.17, 15) is 10.1 Å². The second kappa shape index (κ2) is 4.26. The summed E-state index contributed by atoms with van der Waals surface area (Å²) in [5, 5.41) is 11.1. The van der Waals surface area contributed by atoms with Crippen LogP contribution in [0, 0.1) is 10.1 Å². The van der Waals surface area contributed by atoms with Crippen molar-refractivity contribution in [2.24, 2.45) is 0 Å². The number of rotatable bonds is 3. The van der Waals surface area contributed by atoms with Gasteiger partial charge in [-0.3, -0.25) is 10.1 Å². The molecule has 18 heavy (non-hydrogen) atoms. The number of hydrogen-bond acceptors (Lipinski definition) is 2. The highest BCUT2D eigenvalue weighted by molar-refractivity contribution is 5.68. The highest BCUT2D eigenvalue weighted by Crippen LogP contribution is 2.45. The Bertz CT molecular complexity index is 589. The Morgan fingerprint density at radius 2 is 1.72 bits per heavy atom. The summed E-state index contributed by atoms with van der Waals surface area (Å²) in [6.07, 6.45) is 2.15. The van der Waals surface area contributed by atoms with Crippen LogP contribution in [0.15, 0.2) is 48.5 Å². The van der Waals surface area contributed by atoms with E-state index in [0.717, 1.165) is 29.5 Å². The molecule has 0 N–H and O–H groups in total. The molecule has 3 rings (SSSR count). The van der Waals surface area contributed by atoms with Gasteiger partial charge in [0, 0.05) is 11.6 Å². The van der Waals surface area contributed by atoms with E-state index in [1.807, 2.05) is 42.5 Å². The molecule has 0 bridgehead atoms. The fourth-order valence-corrected chi connectivity index (χ4v) is 2.25. The molecule has 3 heteroatoms. The number of nitro groups is 1. The number of nitro benzene ring substituents is 1. The zero-order valence-corrected chi connectivity index (χ0v) is 9.87. The largest absolute Gasteiger partial charge is 0.273 e. The smallest absolute Gasteiger partial charge is 0.258 e. The van der Waals surface area contributed by atoms with Gasteiger partial charge in [0.15, 0.2) is 0 Å². The lowest BCUT2D eigenvalue weighted by molar-refractivity contribution is -0.385. The van der Waals surface area contributed by atoms with Crippen LogP contribution in [0.1, 0.15) is 24.3 Å². The second-order valence-corrected chi connectivity index (χ2v) is 4.67. The summed E-state index contributed by atoms with van der Waals surface area (Å²) in [6, 6.07) is 15.4. The van der Waals surface area contributed by atoms with E-state index in [0.29, 0.717) is 5.92 Å². The maximum atomic E-state index is 11.1. The molecule has 1 fully saturated rings. The van der Waals surface area contributed by atoms with Gasteiger partial charge in [0.1, 0.15) is 0 Å². The molecular formula is C15H13NO2. The first-order valence-electron chi connectivity index (χ1n) is 6.09. The van der Waals surface area contributed by atoms with E-state index >= 15 is 0 Å². The molecule has 2 aromatic rings. The van der Waals surface area contributed by atoms with Gasteiger partial charge in [0.05, 0.1) is 4.92 Å². The van der Waals surface area contributed by atoms with Crippen molar-refractivity contribution in [2.45, 2.75) is 18.8 Å². The summed E-state index contributed by atoms with van der Waals surface area (Å²) >= 11 is 0. The molecule has 0 aromatic heterocycles. The van der Waals surface area contributed by atoms with Crippen LogP contribution in [0.25, 0.3) is 11.1 Å². The normalized spacial score (nSPS) is 14.4. The van der Waals surface area contributed by atoms with E-state index in [1.165, 1.54) is 0 Å². The zero-order valence-electron chi connectivity index (χ0n) is 9.87. The summed E-state index contributed by atoms with van der Waals surface area (Å²) in [4.78, 5) is 10.9. The number of nitrogens with zero attached hydrogens (tertiary/aromatic N) is 1. The zero-order chi connectivity index (χ0) is 12.5. The van der Waals surface area contributed by atoms with Gasteiger partial charge in [0.2, 0.25) is 0 Å². The Kier molecular flexibility index (Phi) is 2.59. The molecule has 90 valence electrons. The van der Waals surface area contributed by atoms with Gasteiger partial charge >= 0.3 is 0 Å². The molecule has 0 amide bonds. The molecule has 0 saturated heterocycles. The fourth-order valence-electron chi connectivity index (χ4n) is 2.25. The Balaban J connectivity index is 2.08. The SMILES string of the molecule is O=[N+]([O-])c1cc(-c2ccccc2)ccc1C1CC1. The van der Waals surface area contributed by atoms with Crippen LogP contribution >= 0.6 is 0 Å². The maximum Gasteiger partial charge on any atom is 0.273 e. The minimum absolute atomic E-state index is 0.263. The van der Waals surface area contributed by atoms with E-state index in [2.05, 4.69) is 0 Å². The molecule has 0 heterocycles. The highest BCUT2D eigenvalue weighted by atomic mass is 16.6. The minimum Gasteiger partial charge on any atom is -0.258 e. The predicted molar refractivity (Wildman–Crippen MR) is 70.5 cm³/mol. The second-order valence-electron chi connectivity index (χ2n) is 4.67. The molecule has 1 aliphatic carbocycles. The molecule has 3 nitrogen and oxygen atoms in total. The van der Waals surface area contributed by atoms with Crippen LogP contribution in [0.4, 0.5) is 5.69 Å². The molecule has 1 aliphatic rings. The van der Waals surface area contributed by atoms with Crippen LogP contribution in [0.2, 0.25) is 0 Å². The maximum absolute atomic E-state index is 11.1. The van der Waals surface area contributed by atoms with E-state index < -0.39 is 0 Å². The molecule has 1 saturated carbocycles. The minimum atomic E-state index is -0.264. The third-order valence-electron chi connectivity index (χ3n) is 3.35. The summed E-state index contributed by atoms with van der Waals surface area (Å²) < 4.78 is 0. The first kappa shape index (κ1) is 11.0. The van der Waals surface area contributed by atoms with Crippen molar-refractivity contribution in [1.82, 2.24) is 0 Å². The third-order valence-corrected chi connectivity index (χ3v) is 3.35. The Labute approximate surface area is 105 Å². The van der Waals surface area contributed by atoms with Gasteiger partial charge in [-0.1, -0.05) is 42.5 Å². The van der Waals surface area contributed by atoms with Gasteiger partial charge in [-0.2, -0.15) is 0 Å². The Morgan fingerprint density at radius 3 is 2.33 bits per heavy atom. The van der Waals surface area contributed by atoms with Crippen molar-refractivity contribution in [3.05, 3.63) is 64.2 Å². The molecule has 0 aliphatic heterocycles. The summed E-state index contributed by atoms with van der Waals surface area (Å²) in [6.45, 7) is 0. The number of benzene rings is 2. The van der Waals surface area contributed by atoms with Crippen molar-refractivity contribution >= 4 is 5.69 Å². The molecule has 0 atom stereocenters. The average molecular weight is 239 g/mol. The molecule has 0 radical (unpaired) electrons. The van der Waals surface area contributed by atoms with Crippen LogP contribution in [0.5, 0.6) is 0 Å². The van der Waals surface area contributed by atoms with E-state index in [1.54, 1.807) is 6.07 Å². The lowest BCUT2D eigenvalue weighted by Gasteiger charge is -2.05. The summed E-state index contributed by atoms with van der Waals surface area (Å²) in [7, 11) is 0. The van der Waals surface area contributed by atoms with Crippen molar-refractivity contribution in [3.8, 4) is 11.1 Å². The van der Waals surface area contributed by atoms with Crippen LogP contribution in [-0.4, -0.2) is 4.92 Å². The fraction of sp³-hybridized carbons (Fsp3) is 0.200. The van der Waals surface area contributed by atoms with Gasteiger partial charge in [0.25, 0.3) is 5.69 Å². The average Bonchev–Trinajstić information content (AvgIpc) is 3.23. The van der Waals surface area contributed by atoms with E-state index in [-0.39, 0.29) is 10.6 Å². The predicted octanol–water partition coefficient (Wildman–Crippen LogP) is 4.14. The summed E-state index contributed by atoms with van der Waals surface area (Å²) in [5.41, 5.74) is 3.08. The topological polar surface area (TPSA) is 43.1 Å². The standard InChI is InChI=1S/C15H13NO2/c17-16(18)15-10-13(11-4-2-1-3-5-11)8-9-14(15)12-6-7-12/h1-5,8-10,12H,6-7H2. The monoisotopic (exact) mass is 239 g/mol. The molecule has 0 spiro atoms. The quantitative estimate of drug-likeness (QED) is 0.596. The number of hydrogen-bond donors (Lipinski definition) is 0. The third kappa shape index (κ3) is 1.99. The van der Waals surface area contributed by atoms with Crippen LogP contribution in [-0.2, 0) is 0 Å². The lowest BCUT2D eigenvalue weighted by atomic mass is 10.0. The lowest BCUT2D eigenvalue weighted by Crippen LogP contribution is -1.94. The Morgan fingerprint density at radius 1 is 1.00 bits per heavy atom. The van der Waals surface area contributed by atoms with Gasteiger partial charge in [-0.25, -0.2) is 0 Å². The van der Waals surface area contributed by atoms with Gasteiger partial charge < -0.3 is 0 Å². The first-order valence-corrected chi connectivity index (χ1v) is 6.09.